The van der Waals surface area contributed by atoms with Crippen molar-refractivity contribution in [2.75, 3.05) is 0 Å². The van der Waals surface area contributed by atoms with Gasteiger partial charge in [0.2, 0.25) is 0 Å². The van der Waals surface area contributed by atoms with E-state index in [-0.39, 0.29) is 17.4 Å². The molecule has 0 saturated heterocycles. The summed E-state index contributed by atoms with van der Waals surface area (Å²) in [7, 11) is 0. The van der Waals surface area contributed by atoms with Crippen molar-refractivity contribution in [1.82, 2.24) is 0 Å². The van der Waals surface area contributed by atoms with E-state index in [0.717, 1.165) is 12.8 Å². The second-order valence-electron chi connectivity index (χ2n) is 3.33. The monoisotopic (exact) mass is 210 g/mol. The smallest absolute Gasteiger partial charge is 0.165 e. The van der Waals surface area contributed by atoms with Gasteiger partial charge in [-0.05, 0) is 25.0 Å². The van der Waals surface area contributed by atoms with Crippen LogP contribution in [-0.4, -0.2) is 12.4 Å². The van der Waals surface area contributed by atoms with Crippen LogP contribution in [0.15, 0.2) is 18.2 Å². The van der Waals surface area contributed by atoms with Gasteiger partial charge in [0.25, 0.3) is 0 Å². The normalized spacial score (nSPS) is 10.4. The predicted octanol–water partition coefficient (Wildman–Crippen LogP) is 3.21. The predicted molar refractivity (Wildman–Crippen MR) is 56.8 cm³/mol. The molecule has 2 nitrogen and oxygen atoms in total. The molecule has 15 heavy (non-hydrogen) atoms. The summed E-state index contributed by atoms with van der Waals surface area (Å²) in [6.45, 7) is 3.94. The summed E-state index contributed by atoms with van der Waals surface area (Å²) in [6.07, 6.45) is 2.16. The third kappa shape index (κ3) is 2.78. The van der Waals surface area contributed by atoms with Crippen molar-refractivity contribution in [2.45, 2.75) is 32.8 Å². The molecule has 0 aliphatic heterocycles. The quantitative estimate of drug-likeness (QED) is 0.697. The standard InChI is InChI=1S/C12H15FO2/c1-3-10(4-2)15-12-9(8-14)6-5-7-11(12)13/h5-8,10H,3-4H2,1-2H3. The van der Waals surface area contributed by atoms with Gasteiger partial charge in [-0.15, -0.1) is 0 Å². The van der Waals surface area contributed by atoms with Crippen LogP contribution in [0.3, 0.4) is 0 Å². The number of para-hydroxylation sites is 1. The Kier molecular flexibility index (Phi) is 4.28. The summed E-state index contributed by atoms with van der Waals surface area (Å²) >= 11 is 0. The summed E-state index contributed by atoms with van der Waals surface area (Å²) in [5, 5.41) is 0. The molecule has 0 amide bonds. The Morgan fingerprint density at radius 2 is 2.07 bits per heavy atom. The highest BCUT2D eigenvalue weighted by atomic mass is 19.1. The van der Waals surface area contributed by atoms with E-state index in [1.54, 1.807) is 6.07 Å². The molecule has 1 aromatic rings. The molecule has 1 rings (SSSR count). The second kappa shape index (κ2) is 5.49. The maximum Gasteiger partial charge on any atom is 0.165 e. The number of benzene rings is 1. The van der Waals surface area contributed by atoms with Crippen molar-refractivity contribution < 1.29 is 13.9 Å². The molecule has 0 aliphatic rings. The fraction of sp³-hybridized carbons (Fsp3) is 0.417. The zero-order valence-corrected chi connectivity index (χ0v) is 9.00. The van der Waals surface area contributed by atoms with Crippen LogP contribution in [-0.2, 0) is 0 Å². The molecule has 0 aromatic heterocycles. The summed E-state index contributed by atoms with van der Waals surface area (Å²) in [4.78, 5) is 10.7. The summed E-state index contributed by atoms with van der Waals surface area (Å²) in [5.41, 5.74) is 0.266. The van der Waals surface area contributed by atoms with Gasteiger partial charge in [-0.3, -0.25) is 4.79 Å². The van der Waals surface area contributed by atoms with E-state index >= 15 is 0 Å². The van der Waals surface area contributed by atoms with Crippen LogP contribution in [0.5, 0.6) is 5.75 Å². The van der Waals surface area contributed by atoms with E-state index in [4.69, 9.17) is 4.74 Å². The van der Waals surface area contributed by atoms with Crippen LogP contribution in [0, 0.1) is 5.82 Å². The molecule has 0 heterocycles. The SMILES string of the molecule is CCC(CC)Oc1c(F)cccc1C=O. The fourth-order valence-corrected chi connectivity index (χ4v) is 1.36. The van der Waals surface area contributed by atoms with E-state index in [2.05, 4.69) is 0 Å². The molecule has 0 unspecified atom stereocenters. The molecule has 3 heteroatoms. The molecule has 0 fully saturated rings. The minimum Gasteiger partial charge on any atom is -0.487 e. The Labute approximate surface area is 89.1 Å². The number of hydrogen-bond acceptors (Lipinski definition) is 2. The number of halogens is 1. The third-order valence-electron chi connectivity index (χ3n) is 2.32. The van der Waals surface area contributed by atoms with Gasteiger partial charge in [-0.1, -0.05) is 19.9 Å². The molecule has 0 aliphatic carbocycles. The van der Waals surface area contributed by atoms with Crippen LogP contribution in [0.25, 0.3) is 0 Å². The molecule has 0 N–H and O–H groups in total. The van der Waals surface area contributed by atoms with Crippen LogP contribution in [0.1, 0.15) is 37.0 Å². The van der Waals surface area contributed by atoms with Crippen molar-refractivity contribution in [1.29, 1.82) is 0 Å². The maximum atomic E-state index is 13.4. The number of aldehydes is 1. The van der Waals surface area contributed by atoms with Gasteiger partial charge >= 0.3 is 0 Å². The largest absolute Gasteiger partial charge is 0.487 e. The van der Waals surface area contributed by atoms with Crippen molar-refractivity contribution >= 4 is 6.29 Å². The summed E-state index contributed by atoms with van der Waals surface area (Å²) in [5.74, 6) is -0.410. The van der Waals surface area contributed by atoms with Gasteiger partial charge in [-0.2, -0.15) is 0 Å². The molecule has 0 atom stereocenters. The average molecular weight is 210 g/mol. The van der Waals surface area contributed by atoms with Gasteiger partial charge in [0.15, 0.2) is 17.9 Å². The highest BCUT2D eigenvalue weighted by molar-refractivity contribution is 5.79. The first-order chi connectivity index (χ1) is 7.22. The first-order valence-corrected chi connectivity index (χ1v) is 5.13. The van der Waals surface area contributed by atoms with Crippen LogP contribution in [0.2, 0.25) is 0 Å². The lowest BCUT2D eigenvalue weighted by atomic mass is 10.2. The molecular weight excluding hydrogens is 195 g/mol. The van der Waals surface area contributed by atoms with Crippen molar-refractivity contribution in [3.8, 4) is 5.75 Å². The topological polar surface area (TPSA) is 26.3 Å². The van der Waals surface area contributed by atoms with Gasteiger partial charge in [0.1, 0.15) is 0 Å². The highest BCUT2D eigenvalue weighted by Crippen LogP contribution is 2.23. The number of carbonyl (C=O) groups excluding carboxylic acids is 1. The van der Waals surface area contributed by atoms with Crippen LogP contribution < -0.4 is 4.74 Å². The Bertz CT molecular complexity index is 332. The molecular formula is C12H15FO2. The van der Waals surface area contributed by atoms with E-state index < -0.39 is 5.82 Å². The average Bonchev–Trinajstić information content (AvgIpc) is 2.27. The lowest BCUT2D eigenvalue weighted by molar-refractivity contribution is 0.111. The van der Waals surface area contributed by atoms with Gasteiger partial charge < -0.3 is 4.74 Å². The summed E-state index contributed by atoms with van der Waals surface area (Å²) in [6, 6.07) is 4.34. The molecule has 82 valence electrons. The number of hydrogen-bond donors (Lipinski definition) is 0. The fourth-order valence-electron chi connectivity index (χ4n) is 1.36. The first-order valence-electron chi connectivity index (χ1n) is 5.13. The van der Waals surface area contributed by atoms with Crippen molar-refractivity contribution in [2.24, 2.45) is 0 Å². The Balaban J connectivity index is 2.96. The zero-order valence-electron chi connectivity index (χ0n) is 9.00. The number of ether oxygens (including phenoxy) is 1. The maximum absolute atomic E-state index is 13.4. The zero-order chi connectivity index (χ0) is 11.3. The second-order valence-corrected chi connectivity index (χ2v) is 3.33. The van der Waals surface area contributed by atoms with Gasteiger partial charge in [-0.25, -0.2) is 4.39 Å². The van der Waals surface area contributed by atoms with E-state index in [9.17, 15) is 9.18 Å². The molecule has 1 aromatic carbocycles. The Morgan fingerprint density at radius 3 is 2.60 bits per heavy atom. The minimum absolute atomic E-state index is 0.0411. The minimum atomic E-state index is -0.480. The molecule has 0 saturated carbocycles. The van der Waals surface area contributed by atoms with Crippen LogP contribution >= 0.6 is 0 Å². The lowest BCUT2D eigenvalue weighted by Gasteiger charge is -2.17. The Morgan fingerprint density at radius 1 is 1.40 bits per heavy atom. The Hall–Kier alpha value is -1.38. The number of carbonyl (C=O) groups is 1. The third-order valence-corrected chi connectivity index (χ3v) is 2.32. The lowest BCUT2D eigenvalue weighted by Crippen LogP contribution is -2.15. The van der Waals surface area contributed by atoms with E-state index in [0.29, 0.717) is 6.29 Å². The van der Waals surface area contributed by atoms with E-state index in [1.165, 1.54) is 12.1 Å². The van der Waals surface area contributed by atoms with Crippen molar-refractivity contribution in [3.05, 3.63) is 29.6 Å². The van der Waals surface area contributed by atoms with Crippen molar-refractivity contribution in [3.63, 3.8) is 0 Å². The molecule has 0 radical (unpaired) electrons. The first kappa shape index (κ1) is 11.7. The molecule has 0 bridgehead atoms. The molecule has 0 spiro atoms. The van der Waals surface area contributed by atoms with Crippen LogP contribution in [0.4, 0.5) is 4.39 Å². The number of rotatable bonds is 5. The van der Waals surface area contributed by atoms with Gasteiger partial charge in [0, 0.05) is 0 Å². The highest BCUT2D eigenvalue weighted by Gasteiger charge is 2.13. The summed E-state index contributed by atoms with van der Waals surface area (Å²) < 4.78 is 18.8. The van der Waals surface area contributed by atoms with Gasteiger partial charge in [0.05, 0.1) is 11.7 Å². The van der Waals surface area contributed by atoms with E-state index in [1.807, 2.05) is 13.8 Å².